The SMILES string of the molecule is CCOC(=O)c1cc(C)n(-c2ccccc2-c2ccccc2)n1. The second kappa shape index (κ2) is 6.48. The van der Waals surface area contributed by atoms with Crippen molar-refractivity contribution in [2.75, 3.05) is 6.61 Å². The summed E-state index contributed by atoms with van der Waals surface area (Å²) in [4.78, 5) is 11.9. The van der Waals surface area contributed by atoms with E-state index >= 15 is 0 Å². The molecule has 116 valence electrons. The van der Waals surface area contributed by atoms with Gasteiger partial charge in [0, 0.05) is 11.3 Å². The number of aryl methyl sites for hydroxylation is 1. The molecule has 0 aliphatic rings. The Morgan fingerprint density at radius 2 is 1.78 bits per heavy atom. The summed E-state index contributed by atoms with van der Waals surface area (Å²) in [5.74, 6) is -0.397. The number of hydrogen-bond donors (Lipinski definition) is 0. The van der Waals surface area contributed by atoms with Crippen molar-refractivity contribution in [3.05, 3.63) is 72.1 Å². The fourth-order valence-corrected chi connectivity index (χ4v) is 2.54. The third-order valence-corrected chi connectivity index (χ3v) is 3.59. The maximum atomic E-state index is 11.9. The van der Waals surface area contributed by atoms with Gasteiger partial charge in [0.2, 0.25) is 0 Å². The average molecular weight is 306 g/mol. The molecule has 4 nitrogen and oxygen atoms in total. The van der Waals surface area contributed by atoms with Crippen LogP contribution in [0.3, 0.4) is 0 Å². The summed E-state index contributed by atoms with van der Waals surface area (Å²) < 4.78 is 6.82. The molecule has 0 saturated heterocycles. The van der Waals surface area contributed by atoms with Crippen LogP contribution in [0.4, 0.5) is 0 Å². The molecule has 1 aromatic heterocycles. The molecule has 0 unspecified atom stereocenters. The van der Waals surface area contributed by atoms with E-state index in [2.05, 4.69) is 23.3 Å². The maximum Gasteiger partial charge on any atom is 0.358 e. The summed E-state index contributed by atoms with van der Waals surface area (Å²) in [6, 6.07) is 19.9. The number of aromatic nitrogens is 2. The lowest BCUT2D eigenvalue weighted by atomic mass is 10.0. The summed E-state index contributed by atoms with van der Waals surface area (Å²) in [6.07, 6.45) is 0. The zero-order valence-corrected chi connectivity index (χ0v) is 13.2. The summed E-state index contributed by atoms with van der Waals surface area (Å²) in [5.41, 5.74) is 4.32. The largest absolute Gasteiger partial charge is 0.461 e. The van der Waals surface area contributed by atoms with E-state index < -0.39 is 5.97 Å². The van der Waals surface area contributed by atoms with Crippen LogP contribution < -0.4 is 0 Å². The fourth-order valence-electron chi connectivity index (χ4n) is 2.54. The van der Waals surface area contributed by atoms with Gasteiger partial charge in [0.25, 0.3) is 0 Å². The first-order valence-corrected chi connectivity index (χ1v) is 7.59. The van der Waals surface area contributed by atoms with E-state index in [1.165, 1.54) is 0 Å². The molecule has 0 bridgehead atoms. The molecule has 0 amide bonds. The van der Waals surface area contributed by atoms with Crippen molar-refractivity contribution in [1.82, 2.24) is 9.78 Å². The summed E-state index contributed by atoms with van der Waals surface area (Å²) in [5, 5.41) is 4.43. The molecule has 3 aromatic rings. The zero-order valence-electron chi connectivity index (χ0n) is 13.2. The van der Waals surface area contributed by atoms with E-state index in [0.717, 1.165) is 22.5 Å². The molecule has 0 radical (unpaired) electrons. The highest BCUT2D eigenvalue weighted by Gasteiger charge is 2.16. The van der Waals surface area contributed by atoms with E-state index in [4.69, 9.17) is 4.74 Å². The van der Waals surface area contributed by atoms with E-state index in [9.17, 15) is 4.79 Å². The van der Waals surface area contributed by atoms with Gasteiger partial charge >= 0.3 is 5.97 Å². The van der Waals surface area contributed by atoms with Gasteiger partial charge in [-0.15, -0.1) is 0 Å². The lowest BCUT2D eigenvalue weighted by molar-refractivity contribution is 0.0519. The summed E-state index contributed by atoms with van der Waals surface area (Å²) in [7, 11) is 0. The first-order valence-electron chi connectivity index (χ1n) is 7.59. The van der Waals surface area contributed by atoms with E-state index in [1.807, 2.05) is 43.3 Å². The van der Waals surface area contributed by atoms with Gasteiger partial charge in [-0.1, -0.05) is 48.5 Å². The average Bonchev–Trinajstić information content (AvgIpc) is 2.98. The second-order valence-corrected chi connectivity index (χ2v) is 5.19. The van der Waals surface area contributed by atoms with Crippen LogP contribution in [0.25, 0.3) is 16.8 Å². The highest BCUT2D eigenvalue weighted by molar-refractivity contribution is 5.87. The molecule has 2 aromatic carbocycles. The molecule has 0 aliphatic heterocycles. The first-order chi connectivity index (χ1) is 11.2. The third-order valence-electron chi connectivity index (χ3n) is 3.59. The predicted octanol–water partition coefficient (Wildman–Crippen LogP) is 4.02. The zero-order chi connectivity index (χ0) is 16.2. The number of ether oxygens (including phenoxy) is 1. The van der Waals surface area contributed by atoms with Gasteiger partial charge in [-0.2, -0.15) is 5.10 Å². The molecular formula is C19H18N2O2. The van der Waals surface area contributed by atoms with Gasteiger partial charge in [-0.3, -0.25) is 0 Å². The van der Waals surface area contributed by atoms with Crippen molar-refractivity contribution in [2.24, 2.45) is 0 Å². The van der Waals surface area contributed by atoms with Crippen molar-refractivity contribution in [2.45, 2.75) is 13.8 Å². The Labute approximate surface area is 135 Å². The van der Waals surface area contributed by atoms with Crippen LogP contribution in [-0.2, 0) is 4.74 Å². The number of nitrogens with zero attached hydrogens (tertiary/aromatic N) is 2. The Morgan fingerprint density at radius 3 is 2.52 bits per heavy atom. The van der Waals surface area contributed by atoms with Crippen molar-refractivity contribution < 1.29 is 9.53 Å². The molecular weight excluding hydrogens is 288 g/mol. The first kappa shape index (κ1) is 15.0. The van der Waals surface area contributed by atoms with Crippen LogP contribution >= 0.6 is 0 Å². The van der Waals surface area contributed by atoms with Crippen LogP contribution in [0.1, 0.15) is 23.1 Å². The van der Waals surface area contributed by atoms with Crippen LogP contribution in [0, 0.1) is 6.92 Å². The molecule has 0 atom stereocenters. The van der Waals surface area contributed by atoms with Gasteiger partial charge in [0.1, 0.15) is 0 Å². The maximum absolute atomic E-state index is 11.9. The second-order valence-electron chi connectivity index (χ2n) is 5.19. The number of hydrogen-bond acceptors (Lipinski definition) is 3. The van der Waals surface area contributed by atoms with Crippen LogP contribution in [0.2, 0.25) is 0 Å². The lowest BCUT2D eigenvalue weighted by Crippen LogP contribution is -2.07. The van der Waals surface area contributed by atoms with Crippen molar-refractivity contribution in [3.8, 4) is 16.8 Å². The van der Waals surface area contributed by atoms with Gasteiger partial charge in [0.15, 0.2) is 5.69 Å². The Balaban J connectivity index is 2.08. The number of benzene rings is 2. The minimum Gasteiger partial charge on any atom is -0.461 e. The Kier molecular flexibility index (Phi) is 4.24. The van der Waals surface area contributed by atoms with Gasteiger partial charge in [-0.05, 0) is 31.5 Å². The highest BCUT2D eigenvalue weighted by Crippen LogP contribution is 2.27. The quantitative estimate of drug-likeness (QED) is 0.684. The Hall–Kier alpha value is -2.88. The van der Waals surface area contributed by atoms with Crippen LogP contribution in [0.5, 0.6) is 0 Å². The van der Waals surface area contributed by atoms with Gasteiger partial charge in [0.05, 0.1) is 12.3 Å². The Morgan fingerprint density at radius 1 is 1.09 bits per heavy atom. The highest BCUT2D eigenvalue weighted by atomic mass is 16.5. The predicted molar refractivity (Wildman–Crippen MR) is 89.7 cm³/mol. The fraction of sp³-hybridized carbons (Fsp3) is 0.158. The molecule has 0 N–H and O–H groups in total. The smallest absolute Gasteiger partial charge is 0.358 e. The molecule has 0 saturated carbocycles. The molecule has 4 heteroatoms. The molecule has 3 rings (SSSR count). The molecule has 0 spiro atoms. The minimum atomic E-state index is -0.397. The number of carbonyl (C=O) groups is 1. The topological polar surface area (TPSA) is 44.1 Å². The minimum absolute atomic E-state index is 0.326. The van der Waals surface area contributed by atoms with Crippen molar-refractivity contribution in [1.29, 1.82) is 0 Å². The summed E-state index contributed by atoms with van der Waals surface area (Å²) in [6.45, 7) is 4.05. The number of esters is 1. The monoisotopic (exact) mass is 306 g/mol. The van der Waals surface area contributed by atoms with Crippen LogP contribution in [0.15, 0.2) is 60.7 Å². The molecule has 1 heterocycles. The molecule has 23 heavy (non-hydrogen) atoms. The van der Waals surface area contributed by atoms with Gasteiger partial charge in [-0.25, -0.2) is 9.48 Å². The van der Waals surface area contributed by atoms with E-state index in [1.54, 1.807) is 17.7 Å². The normalized spacial score (nSPS) is 10.5. The standard InChI is InChI=1S/C19H18N2O2/c1-3-23-19(22)17-13-14(2)21(20-17)18-12-8-7-11-16(18)15-9-5-4-6-10-15/h4-13H,3H2,1-2H3. The third kappa shape index (κ3) is 3.01. The van der Waals surface area contributed by atoms with Crippen LogP contribution in [-0.4, -0.2) is 22.4 Å². The number of carbonyl (C=O) groups excluding carboxylic acids is 1. The van der Waals surface area contributed by atoms with E-state index in [0.29, 0.717) is 12.3 Å². The summed E-state index contributed by atoms with van der Waals surface area (Å²) >= 11 is 0. The number of rotatable bonds is 4. The van der Waals surface area contributed by atoms with Gasteiger partial charge < -0.3 is 4.74 Å². The van der Waals surface area contributed by atoms with Crippen molar-refractivity contribution >= 4 is 5.97 Å². The number of para-hydroxylation sites is 1. The Bertz CT molecular complexity index is 822. The molecule has 0 aliphatic carbocycles. The van der Waals surface area contributed by atoms with Crippen molar-refractivity contribution in [3.63, 3.8) is 0 Å². The van der Waals surface area contributed by atoms with E-state index in [-0.39, 0.29) is 0 Å². The lowest BCUT2D eigenvalue weighted by Gasteiger charge is -2.11. The molecule has 0 fully saturated rings.